The van der Waals surface area contributed by atoms with Crippen molar-refractivity contribution in [3.63, 3.8) is 0 Å². The van der Waals surface area contributed by atoms with Crippen molar-refractivity contribution in [3.8, 4) is 0 Å². The summed E-state index contributed by atoms with van der Waals surface area (Å²) in [6, 6.07) is 1.89. The molecule has 1 aliphatic heterocycles. The van der Waals surface area contributed by atoms with Crippen molar-refractivity contribution in [3.05, 3.63) is 45.5 Å². The van der Waals surface area contributed by atoms with Gasteiger partial charge in [-0.25, -0.2) is 13.8 Å². The summed E-state index contributed by atoms with van der Waals surface area (Å²) in [6.07, 6.45) is 0.740. The lowest BCUT2D eigenvalue weighted by Gasteiger charge is -2.17. The highest BCUT2D eigenvalue weighted by Crippen LogP contribution is 2.28. The zero-order valence-corrected chi connectivity index (χ0v) is 13.3. The predicted molar refractivity (Wildman–Crippen MR) is 78.4 cm³/mol. The normalized spacial score (nSPS) is 18.0. The molecule has 2 heterocycles. The van der Waals surface area contributed by atoms with E-state index in [1.807, 2.05) is 6.92 Å². The molecule has 0 bridgehead atoms. The number of aromatic nitrogens is 3. The van der Waals surface area contributed by atoms with E-state index in [1.54, 1.807) is 4.90 Å². The summed E-state index contributed by atoms with van der Waals surface area (Å²) >= 11 is 3.11. The fraction of sp³-hybridized carbons (Fsp3) is 0.357. The number of carbonyl (C=O) groups excluding carboxylic acids is 1. The van der Waals surface area contributed by atoms with Crippen LogP contribution in [0.4, 0.5) is 8.78 Å². The van der Waals surface area contributed by atoms with Gasteiger partial charge in [0.05, 0.1) is 5.56 Å². The van der Waals surface area contributed by atoms with Crippen LogP contribution in [0.5, 0.6) is 0 Å². The van der Waals surface area contributed by atoms with Crippen LogP contribution in [0.25, 0.3) is 0 Å². The fourth-order valence-electron chi connectivity index (χ4n) is 2.55. The number of aromatic amines is 1. The van der Waals surface area contributed by atoms with Crippen molar-refractivity contribution in [2.24, 2.45) is 0 Å². The van der Waals surface area contributed by atoms with E-state index in [2.05, 4.69) is 31.1 Å². The van der Waals surface area contributed by atoms with E-state index in [9.17, 15) is 13.6 Å². The first-order valence-electron chi connectivity index (χ1n) is 6.78. The van der Waals surface area contributed by atoms with Gasteiger partial charge in [-0.1, -0.05) is 0 Å². The summed E-state index contributed by atoms with van der Waals surface area (Å²) in [5, 5.41) is 6.90. The molecule has 0 aliphatic carbocycles. The summed E-state index contributed by atoms with van der Waals surface area (Å²) in [4.78, 5) is 18.4. The van der Waals surface area contributed by atoms with Crippen molar-refractivity contribution in [2.75, 3.05) is 13.1 Å². The van der Waals surface area contributed by atoms with Crippen molar-refractivity contribution in [1.82, 2.24) is 20.1 Å². The highest BCUT2D eigenvalue weighted by molar-refractivity contribution is 9.10. The number of nitrogens with one attached hydrogen (secondary N) is 1. The number of nitrogens with zero attached hydrogens (tertiary/aromatic N) is 3. The van der Waals surface area contributed by atoms with Crippen LogP contribution in [0.15, 0.2) is 16.6 Å². The van der Waals surface area contributed by atoms with Crippen LogP contribution in [0.2, 0.25) is 0 Å². The Balaban J connectivity index is 1.78. The third kappa shape index (κ3) is 2.75. The van der Waals surface area contributed by atoms with Crippen LogP contribution in [-0.2, 0) is 0 Å². The largest absolute Gasteiger partial charge is 0.338 e. The molecule has 0 radical (unpaired) electrons. The highest BCUT2D eigenvalue weighted by Gasteiger charge is 2.31. The molecule has 116 valence electrons. The van der Waals surface area contributed by atoms with Crippen LogP contribution in [0.1, 0.15) is 34.3 Å². The molecule has 1 amide bonds. The van der Waals surface area contributed by atoms with Gasteiger partial charge in [-0.3, -0.25) is 9.89 Å². The third-order valence-electron chi connectivity index (χ3n) is 3.70. The summed E-state index contributed by atoms with van der Waals surface area (Å²) in [5.41, 5.74) is 0.116. The molecule has 1 aliphatic rings. The maximum absolute atomic E-state index is 13.4. The number of benzene rings is 1. The number of halogens is 3. The Morgan fingerprint density at radius 3 is 2.82 bits per heavy atom. The summed E-state index contributed by atoms with van der Waals surface area (Å²) in [7, 11) is 0. The monoisotopic (exact) mass is 370 g/mol. The topological polar surface area (TPSA) is 61.9 Å². The number of carbonyl (C=O) groups is 1. The lowest BCUT2D eigenvalue weighted by molar-refractivity contribution is 0.0789. The number of aryl methyl sites for hydroxylation is 1. The van der Waals surface area contributed by atoms with E-state index >= 15 is 0 Å². The Morgan fingerprint density at radius 2 is 2.14 bits per heavy atom. The third-order valence-corrected chi connectivity index (χ3v) is 4.35. The molecule has 0 saturated carbocycles. The van der Waals surface area contributed by atoms with Crippen molar-refractivity contribution < 1.29 is 13.6 Å². The molecule has 8 heteroatoms. The molecule has 1 aromatic carbocycles. The van der Waals surface area contributed by atoms with Gasteiger partial charge in [-0.05, 0) is 41.4 Å². The number of hydrogen-bond acceptors (Lipinski definition) is 3. The Bertz CT molecular complexity index is 734. The standard InChI is InChI=1S/C14H13BrF2N4O/c1-7-18-13(20-19-7)8-2-3-21(6-8)14(22)9-4-11(16)12(17)5-10(9)15/h4-5,8H,2-3,6H2,1H3,(H,18,19,20). The van der Waals surface area contributed by atoms with Gasteiger partial charge in [-0.15, -0.1) is 0 Å². The second kappa shape index (κ2) is 5.75. The first kappa shape index (κ1) is 15.1. The molecule has 1 aromatic heterocycles. The predicted octanol–water partition coefficient (Wildman–Crippen LogP) is 2.78. The number of likely N-dealkylation sites (tertiary alicyclic amines) is 1. The van der Waals surface area contributed by atoms with Gasteiger partial charge < -0.3 is 4.90 Å². The van der Waals surface area contributed by atoms with Gasteiger partial charge in [0.1, 0.15) is 5.82 Å². The molecular weight excluding hydrogens is 358 g/mol. The minimum absolute atomic E-state index is 0.0537. The van der Waals surface area contributed by atoms with E-state index in [-0.39, 0.29) is 21.9 Å². The molecule has 1 fully saturated rings. The van der Waals surface area contributed by atoms with Crippen LogP contribution < -0.4 is 0 Å². The van der Waals surface area contributed by atoms with E-state index in [0.29, 0.717) is 18.9 Å². The van der Waals surface area contributed by atoms with Crippen molar-refractivity contribution in [1.29, 1.82) is 0 Å². The summed E-state index contributed by atoms with van der Waals surface area (Å²) in [5.74, 6) is -0.899. The molecule has 0 spiro atoms. The molecule has 1 unspecified atom stereocenters. The van der Waals surface area contributed by atoms with Gasteiger partial charge >= 0.3 is 0 Å². The SMILES string of the molecule is Cc1nc(C2CCN(C(=O)c3cc(F)c(F)cc3Br)C2)n[nH]1. The van der Waals surface area contributed by atoms with Gasteiger partial charge in [-0.2, -0.15) is 5.10 Å². The second-order valence-electron chi connectivity index (χ2n) is 5.26. The highest BCUT2D eigenvalue weighted by atomic mass is 79.9. The number of hydrogen-bond donors (Lipinski definition) is 1. The molecule has 5 nitrogen and oxygen atoms in total. The van der Waals surface area contributed by atoms with Crippen LogP contribution >= 0.6 is 15.9 Å². The van der Waals surface area contributed by atoms with E-state index < -0.39 is 11.6 Å². The smallest absolute Gasteiger partial charge is 0.255 e. The summed E-state index contributed by atoms with van der Waals surface area (Å²) in [6.45, 7) is 2.80. The van der Waals surface area contributed by atoms with Crippen LogP contribution in [-0.4, -0.2) is 39.1 Å². The average Bonchev–Trinajstić information content (AvgIpc) is 3.10. The number of H-pyrrole nitrogens is 1. The lowest BCUT2D eigenvalue weighted by Crippen LogP contribution is -2.29. The number of amides is 1. The quantitative estimate of drug-likeness (QED) is 0.826. The maximum atomic E-state index is 13.4. The zero-order chi connectivity index (χ0) is 15.9. The average molecular weight is 371 g/mol. The van der Waals surface area contributed by atoms with Crippen molar-refractivity contribution >= 4 is 21.8 Å². The van der Waals surface area contributed by atoms with Crippen molar-refractivity contribution in [2.45, 2.75) is 19.3 Å². The molecular formula is C14H13BrF2N4O. The van der Waals surface area contributed by atoms with Crippen LogP contribution in [0.3, 0.4) is 0 Å². The van der Waals surface area contributed by atoms with Gasteiger partial charge in [0, 0.05) is 23.5 Å². The Hall–Kier alpha value is -1.83. The molecule has 1 saturated heterocycles. The minimum Gasteiger partial charge on any atom is -0.338 e. The molecule has 22 heavy (non-hydrogen) atoms. The van der Waals surface area contributed by atoms with E-state index in [4.69, 9.17) is 0 Å². The van der Waals surface area contributed by atoms with E-state index in [1.165, 1.54) is 0 Å². The van der Waals surface area contributed by atoms with Crippen LogP contribution in [0, 0.1) is 18.6 Å². The first-order valence-corrected chi connectivity index (χ1v) is 7.57. The maximum Gasteiger partial charge on any atom is 0.255 e. The molecule has 3 rings (SSSR count). The molecule has 1 atom stereocenters. The summed E-state index contributed by atoms with van der Waals surface area (Å²) < 4.78 is 26.7. The first-order chi connectivity index (χ1) is 10.5. The van der Waals surface area contributed by atoms with Gasteiger partial charge in [0.2, 0.25) is 0 Å². The Labute approximate surface area is 133 Å². The van der Waals surface area contributed by atoms with Gasteiger partial charge in [0.25, 0.3) is 5.91 Å². The Morgan fingerprint density at radius 1 is 1.41 bits per heavy atom. The second-order valence-corrected chi connectivity index (χ2v) is 6.12. The van der Waals surface area contributed by atoms with E-state index in [0.717, 1.165) is 24.4 Å². The minimum atomic E-state index is -1.04. The lowest BCUT2D eigenvalue weighted by atomic mass is 10.1. The van der Waals surface area contributed by atoms with Gasteiger partial charge in [0.15, 0.2) is 17.5 Å². The fourth-order valence-corrected chi connectivity index (χ4v) is 3.04. The number of rotatable bonds is 2. The molecule has 1 N–H and O–H groups in total. The molecule has 2 aromatic rings. The Kier molecular flexibility index (Phi) is 3.94. The zero-order valence-electron chi connectivity index (χ0n) is 11.7.